The Morgan fingerprint density at radius 2 is 1.70 bits per heavy atom. The van der Waals surface area contributed by atoms with Gasteiger partial charge in [-0.25, -0.2) is 0 Å². The number of carbonyl (C=O) groups excluding carboxylic acids is 2. The van der Waals surface area contributed by atoms with E-state index in [0.717, 1.165) is 17.5 Å². The van der Waals surface area contributed by atoms with Crippen LogP contribution in [0.3, 0.4) is 0 Å². The van der Waals surface area contributed by atoms with Crippen LogP contribution in [-0.2, 0) is 22.6 Å². The number of hydrogen-bond donors (Lipinski definition) is 1. The first-order valence-corrected chi connectivity index (χ1v) is 13.3. The Balaban J connectivity index is 1.94. The van der Waals surface area contributed by atoms with Crippen molar-refractivity contribution in [2.24, 2.45) is 0 Å². The summed E-state index contributed by atoms with van der Waals surface area (Å²) in [5.41, 5.74) is 2.45. The Morgan fingerprint density at radius 3 is 2.35 bits per heavy atom. The minimum atomic E-state index is -0.786. The highest BCUT2D eigenvalue weighted by Crippen LogP contribution is 2.25. The van der Waals surface area contributed by atoms with Crippen LogP contribution in [0.1, 0.15) is 37.0 Å². The highest BCUT2D eigenvalue weighted by Gasteiger charge is 2.31. The Bertz CT molecular complexity index is 1220. The lowest BCUT2D eigenvalue weighted by atomic mass is 10.0. The molecule has 3 rings (SSSR count). The topological polar surface area (TPSA) is 58.6 Å². The van der Waals surface area contributed by atoms with Crippen LogP contribution in [0.5, 0.6) is 5.75 Å². The van der Waals surface area contributed by atoms with Gasteiger partial charge in [0.1, 0.15) is 11.8 Å². The van der Waals surface area contributed by atoms with Crippen molar-refractivity contribution in [1.29, 1.82) is 0 Å². The second-order valence-corrected chi connectivity index (χ2v) is 10.2. The number of carbonyl (C=O) groups is 2. The molecule has 196 valence electrons. The van der Waals surface area contributed by atoms with Gasteiger partial charge in [-0.05, 0) is 67.3 Å². The first-order chi connectivity index (χ1) is 17.7. The van der Waals surface area contributed by atoms with Gasteiger partial charge in [0.15, 0.2) is 6.61 Å². The summed E-state index contributed by atoms with van der Waals surface area (Å²) in [6.07, 6.45) is 1.10. The molecule has 0 spiro atoms. The van der Waals surface area contributed by atoms with Crippen LogP contribution in [-0.4, -0.2) is 35.4 Å². The molecule has 8 heteroatoms. The average molecular weight is 562 g/mol. The molecule has 37 heavy (non-hydrogen) atoms. The normalized spacial score (nSPS) is 12.5. The monoisotopic (exact) mass is 560 g/mol. The van der Waals surface area contributed by atoms with Gasteiger partial charge in [0.2, 0.25) is 5.91 Å². The summed E-state index contributed by atoms with van der Waals surface area (Å²) in [6, 6.07) is 19.1. The predicted octanol–water partition coefficient (Wildman–Crippen LogP) is 6.89. The van der Waals surface area contributed by atoms with Crippen LogP contribution < -0.4 is 10.1 Å². The van der Waals surface area contributed by atoms with Crippen LogP contribution in [0.25, 0.3) is 0 Å². The molecular formula is C29H31Cl3N2O3. The number of nitrogens with one attached hydrogen (secondary N) is 1. The molecule has 0 radical (unpaired) electrons. The zero-order chi connectivity index (χ0) is 26.9. The summed E-state index contributed by atoms with van der Waals surface area (Å²) < 4.78 is 5.82. The highest BCUT2D eigenvalue weighted by atomic mass is 35.5. The number of hydrogen-bond acceptors (Lipinski definition) is 3. The van der Waals surface area contributed by atoms with Gasteiger partial charge in [-0.3, -0.25) is 9.59 Å². The number of benzene rings is 3. The van der Waals surface area contributed by atoms with E-state index in [0.29, 0.717) is 32.8 Å². The molecule has 0 unspecified atom stereocenters. The molecule has 3 aromatic rings. The largest absolute Gasteiger partial charge is 0.484 e. The first kappa shape index (κ1) is 28.8. The molecule has 3 aromatic carbocycles. The van der Waals surface area contributed by atoms with Crippen LogP contribution in [0.2, 0.25) is 15.1 Å². The molecule has 0 aliphatic heterocycles. The van der Waals surface area contributed by atoms with E-state index in [-0.39, 0.29) is 31.0 Å². The predicted molar refractivity (Wildman–Crippen MR) is 151 cm³/mol. The summed E-state index contributed by atoms with van der Waals surface area (Å²) in [5.74, 6) is -0.0683. The number of halogens is 3. The van der Waals surface area contributed by atoms with Crippen molar-refractivity contribution in [3.05, 3.63) is 98.5 Å². The lowest BCUT2D eigenvalue weighted by molar-refractivity contribution is -0.143. The van der Waals surface area contributed by atoms with Gasteiger partial charge in [-0.2, -0.15) is 0 Å². The lowest BCUT2D eigenvalue weighted by Crippen LogP contribution is -2.53. The van der Waals surface area contributed by atoms with E-state index in [4.69, 9.17) is 39.5 Å². The molecule has 0 aliphatic rings. The molecule has 2 atom stereocenters. The van der Waals surface area contributed by atoms with E-state index >= 15 is 0 Å². The average Bonchev–Trinajstić information content (AvgIpc) is 2.88. The van der Waals surface area contributed by atoms with Crippen LogP contribution in [0.4, 0.5) is 0 Å². The number of aryl methyl sites for hydroxylation is 1. The zero-order valence-corrected chi connectivity index (χ0v) is 23.4. The van der Waals surface area contributed by atoms with E-state index in [9.17, 15) is 9.59 Å². The minimum absolute atomic E-state index is 0.0462. The summed E-state index contributed by atoms with van der Waals surface area (Å²) in [7, 11) is 0. The van der Waals surface area contributed by atoms with E-state index in [1.54, 1.807) is 36.4 Å². The third-order valence-corrected chi connectivity index (χ3v) is 7.13. The van der Waals surface area contributed by atoms with Gasteiger partial charge in [0.05, 0.1) is 0 Å². The molecule has 0 saturated carbocycles. The standard InChI is InChI=1S/C29H31Cl3N2O3/c1-4-20(3)33-29(36)27(15-21-8-6-5-7-9-21)34(17-22-10-11-23(30)16-26(22)32)28(35)18-37-24-12-13-25(31)19(2)14-24/h5-14,16,20,27H,4,15,17-18H2,1-3H3,(H,33,36)/t20-,27+/m0/s1. The first-order valence-electron chi connectivity index (χ1n) is 12.1. The lowest BCUT2D eigenvalue weighted by Gasteiger charge is -2.32. The zero-order valence-electron chi connectivity index (χ0n) is 21.1. The minimum Gasteiger partial charge on any atom is -0.484 e. The highest BCUT2D eigenvalue weighted by molar-refractivity contribution is 6.35. The molecule has 0 bridgehead atoms. The Morgan fingerprint density at radius 1 is 0.973 bits per heavy atom. The fraction of sp³-hybridized carbons (Fsp3) is 0.310. The van der Waals surface area contributed by atoms with E-state index in [1.807, 2.05) is 51.1 Å². The van der Waals surface area contributed by atoms with Gasteiger partial charge < -0.3 is 15.0 Å². The molecule has 5 nitrogen and oxygen atoms in total. The molecule has 0 saturated heterocycles. The molecule has 0 fully saturated rings. The van der Waals surface area contributed by atoms with Gasteiger partial charge >= 0.3 is 0 Å². The summed E-state index contributed by atoms with van der Waals surface area (Å²) in [5, 5.41) is 4.56. The summed E-state index contributed by atoms with van der Waals surface area (Å²) in [6.45, 7) is 5.65. The molecular weight excluding hydrogens is 531 g/mol. The fourth-order valence-corrected chi connectivity index (χ4v) is 4.35. The van der Waals surface area contributed by atoms with Crippen LogP contribution >= 0.6 is 34.8 Å². The Labute approximate surface area is 233 Å². The van der Waals surface area contributed by atoms with Crippen molar-refractivity contribution in [1.82, 2.24) is 10.2 Å². The van der Waals surface area contributed by atoms with Crippen molar-refractivity contribution in [3.8, 4) is 5.75 Å². The molecule has 0 aliphatic carbocycles. The van der Waals surface area contributed by atoms with Gasteiger partial charge in [-0.15, -0.1) is 0 Å². The van der Waals surface area contributed by atoms with Gasteiger partial charge in [0, 0.05) is 34.1 Å². The maximum atomic E-state index is 13.7. The molecule has 0 aromatic heterocycles. The van der Waals surface area contributed by atoms with E-state index in [1.165, 1.54) is 4.90 Å². The van der Waals surface area contributed by atoms with Gasteiger partial charge in [0.25, 0.3) is 5.91 Å². The SMILES string of the molecule is CC[C@H](C)NC(=O)[C@@H](Cc1ccccc1)N(Cc1ccc(Cl)cc1Cl)C(=O)COc1ccc(Cl)c(C)c1. The summed E-state index contributed by atoms with van der Waals surface area (Å²) >= 11 is 18.7. The fourth-order valence-electron chi connectivity index (χ4n) is 3.76. The third-order valence-electron chi connectivity index (χ3n) is 6.12. The third kappa shape index (κ3) is 8.39. The molecule has 2 amide bonds. The van der Waals surface area contributed by atoms with Crippen molar-refractivity contribution in [3.63, 3.8) is 0 Å². The van der Waals surface area contributed by atoms with E-state index < -0.39 is 6.04 Å². The van der Waals surface area contributed by atoms with Crippen molar-refractivity contribution < 1.29 is 14.3 Å². The maximum absolute atomic E-state index is 13.7. The second kappa shape index (κ2) is 13.7. The van der Waals surface area contributed by atoms with Crippen molar-refractivity contribution in [2.45, 2.75) is 52.2 Å². The number of ether oxygens (including phenoxy) is 1. The summed E-state index contributed by atoms with van der Waals surface area (Å²) in [4.78, 5) is 28.7. The number of amides is 2. The van der Waals surface area contributed by atoms with Crippen molar-refractivity contribution >= 4 is 46.6 Å². The van der Waals surface area contributed by atoms with E-state index in [2.05, 4.69) is 5.32 Å². The maximum Gasteiger partial charge on any atom is 0.261 e. The molecule has 0 heterocycles. The Hall–Kier alpha value is -2.73. The quantitative estimate of drug-likeness (QED) is 0.277. The van der Waals surface area contributed by atoms with Crippen LogP contribution in [0, 0.1) is 6.92 Å². The number of rotatable bonds is 11. The molecule has 1 N–H and O–H groups in total. The van der Waals surface area contributed by atoms with Gasteiger partial charge in [-0.1, -0.05) is 78.1 Å². The Kier molecular flexibility index (Phi) is 10.7. The van der Waals surface area contributed by atoms with Crippen molar-refractivity contribution in [2.75, 3.05) is 6.61 Å². The second-order valence-electron chi connectivity index (χ2n) is 8.98. The smallest absolute Gasteiger partial charge is 0.261 e. The number of nitrogens with zero attached hydrogens (tertiary/aromatic N) is 1. The van der Waals surface area contributed by atoms with Crippen LogP contribution in [0.15, 0.2) is 66.7 Å².